The fraction of sp³-hybridized carbons (Fsp3) is 0.325. The Kier molecular flexibility index (Phi) is 12.3. The van der Waals surface area contributed by atoms with Gasteiger partial charge in [0.25, 0.3) is 0 Å². The van der Waals surface area contributed by atoms with Gasteiger partial charge in [0.1, 0.15) is 23.5 Å². The molecule has 0 amide bonds. The molecule has 2 saturated heterocycles. The number of imidazole rings is 2. The van der Waals surface area contributed by atoms with E-state index in [1.54, 1.807) is 43.4 Å². The lowest BCUT2D eigenvalue weighted by Crippen LogP contribution is -2.45. The zero-order valence-corrected chi connectivity index (χ0v) is 34.0. The molecule has 0 unspecified atom stereocenters. The normalized spacial score (nSPS) is 15.6. The van der Waals surface area contributed by atoms with Crippen LogP contribution in [0.15, 0.2) is 96.8 Å². The minimum atomic E-state index is -0.400. The van der Waals surface area contributed by atoms with Crippen LogP contribution in [0.4, 0.5) is 5.82 Å². The molecule has 4 N–H and O–H groups in total. The number of nitrogens with one attached hydrogen (secondary N) is 1. The number of pyridine rings is 5. The highest BCUT2D eigenvalue weighted by Gasteiger charge is 2.25. The Morgan fingerprint density at radius 3 is 2.07 bits per heavy atom. The molecule has 0 aliphatic carbocycles. The van der Waals surface area contributed by atoms with Crippen LogP contribution in [-0.4, -0.2) is 110 Å². The highest BCUT2D eigenvalue weighted by Crippen LogP contribution is 2.27. The van der Waals surface area contributed by atoms with E-state index in [4.69, 9.17) is 27.4 Å². The standard InChI is InChI=1S/C23H25N7OS.C17H20BN5O2S/c1-32-23-28-19-3-2-9-26-22(19)30(23)17-4-5-21(27-14-17)31-18-7-11-29(12-8-18)15-16-6-10-25-20(24)13-16;1-18(24)22-9-6-13(7-10-22)25-15-5-4-12(11-20-15)23-16-14(21-17(23)26)3-2-8-19-16/h2-6,9-10,13-14,18H,7-8,11-12,15H2,1H3,(H2,24,25);2-5,8,11,13,24H,6-7,9-10H2,1H3,(H,21,26). The summed E-state index contributed by atoms with van der Waals surface area (Å²) in [5.74, 6) is 1.82. The van der Waals surface area contributed by atoms with Crippen LogP contribution in [0.5, 0.6) is 11.8 Å². The highest BCUT2D eigenvalue weighted by atomic mass is 32.2. The van der Waals surface area contributed by atoms with Crippen molar-refractivity contribution >= 4 is 59.2 Å². The molecule has 0 spiro atoms. The number of rotatable bonds is 10. The highest BCUT2D eigenvalue weighted by molar-refractivity contribution is 7.98. The molecule has 2 aliphatic heterocycles. The molecule has 9 rings (SSSR count). The van der Waals surface area contributed by atoms with Crippen molar-refractivity contribution in [3.8, 4) is 23.1 Å². The van der Waals surface area contributed by atoms with Crippen LogP contribution < -0.4 is 15.2 Å². The Hall–Kier alpha value is -5.40. The molecule has 9 heterocycles. The van der Waals surface area contributed by atoms with Crippen LogP contribution >= 0.6 is 24.0 Å². The summed E-state index contributed by atoms with van der Waals surface area (Å²) in [4.78, 5) is 34.2. The van der Waals surface area contributed by atoms with Gasteiger partial charge in [-0.2, -0.15) is 0 Å². The van der Waals surface area contributed by atoms with Gasteiger partial charge in [-0.05, 0) is 118 Å². The van der Waals surface area contributed by atoms with Crippen molar-refractivity contribution in [2.45, 2.75) is 56.4 Å². The number of nitrogens with two attached hydrogens (primary N) is 1. The van der Waals surface area contributed by atoms with E-state index in [2.05, 4.69) is 39.8 Å². The first-order chi connectivity index (χ1) is 28.3. The van der Waals surface area contributed by atoms with Gasteiger partial charge >= 0.3 is 7.05 Å². The van der Waals surface area contributed by atoms with Crippen LogP contribution in [0.1, 0.15) is 31.2 Å². The quantitative estimate of drug-likeness (QED) is 0.0835. The summed E-state index contributed by atoms with van der Waals surface area (Å²) in [7, 11) is -0.400. The molecule has 0 atom stereocenters. The number of aromatic amines is 1. The van der Waals surface area contributed by atoms with Crippen LogP contribution in [0.25, 0.3) is 33.7 Å². The number of nitrogens with zero attached hydrogens (tertiary/aromatic N) is 10. The van der Waals surface area contributed by atoms with Crippen LogP contribution in [-0.2, 0) is 6.54 Å². The van der Waals surface area contributed by atoms with Crippen molar-refractivity contribution in [3.05, 3.63) is 102 Å². The molecule has 7 aromatic heterocycles. The Morgan fingerprint density at radius 1 is 0.810 bits per heavy atom. The summed E-state index contributed by atoms with van der Waals surface area (Å²) < 4.78 is 16.6. The van der Waals surface area contributed by atoms with E-state index in [0.717, 1.165) is 97.3 Å². The summed E-state index contributed by atoms with van der Waals surface area (Å²) in [6.45, 7) is 6.31. The number of fused-ring (bicyclic) bond motifs is 2. The monoisotopic (exact) mass is 816 g/mol. The number of anilines is 1. The number of H-pyrrole nitrogens is 1. The predicted octanol–water partition coefficient (Wildman–Crippen LogP) is 5.99. The minimum absolute atomic E-state index is 0.125. The third-order valence-electron chi connectivity index (χ3n) is 10.3. The molecule has 2 aliphatic rings. The number of likely N-dealkylation sites (tertiary alicyclic amines) is 1. The summed E-state index contributed by atoms with van der Waals surface area (Å²) in [6, 6.07) is 19.4. The molecule has 58 heavy (non-hydrogen) atoms. The number of hydrogen-bond donors (Lipinski definition) is 3. The van der Waals surface area contributed by atoms with Crippen molar-refractivity contribution < 1.29 is 14.5 Å². The van der Waals surface area contributed by atoms with Crippen molar-refractivity contribution in [2.75, 3.05) is 38.2 Å². The molecule has 15 nitrogen and oxygen atoms in total. The van der Waals surface area contributed by atoms with Crippen molar-refractivity contribution in [1.82, 2.24) is 53.7 Å². The fourth-order valence-corrected chi connectivity index (χ4v) is 8.20. The molecule has 0 bridgehead atoms. The van der Waals surface area contributed by atoms with Gasteiger partial charge in [0.15, 0.2) is 21.2 Å². The van der Waals surface area contributed by atoms with E-state index in [-0.39, 0.29) is 12.2 Å². The molecule has 0 aromatic carbocycles. The topological polar surface area (TPSA) is 174 Å². The Labute approximate surface area is 345 Å². The maximum absolute atomic E-state index is 9.63. The van der Waals surface area contributed by atoms with Gasteiger partial charge in [0.2, 0.25) is 11.8 Å². The molecule has 298 valence electrons. The van der Waals surface area contributed by atoms with Crippen LogP contribution in [0.3, 0.4) is 0 Å². The molecule has 7 aromatic rings. The van der Waals surface area contributed by atoms with E-state index in [1.165, 1.54) is 5.56 Å². The molecule has 18 heteroatoms. The zero-order chi connectivity index (χ0) is 40.0. The molecular weight excluding hydrogens is 771 g/mol. The molecule has 0 radical (unpaired) electrons. The second kappa shape index (κ2) is 18.0. The first kappa shape index (κ1) is 39.4. The molecule has 0 saturated carbocycles. The Balaban J connectivity index is 0.000000165. The second-order valence-corrected chi connectivity index (χ2v) is 15.5. The van der Waals surface area contributed by atoms with Crippen molar-refractivity contribution in [1.29, 1.82) is 0 Å². The fourth-order valence-electron chi connectivity index (χ4n) is 7.33. The summed E-state index contributed by atoms with van der Waals surface area (Å²) in [6.07, 6.45) is 14.9. The number of piperidine rings is 2. The lowest BCUT2D eigenvalue weighted by atomic mass is 9.82. The van der Waals surface area contributed by atoms with Gasteiger partial charge in [-0.25, -0.2) is 29.9 Å². The largest absolute Gasteiger partial charge is 0.474 e. The second-order valence-electron chi connectivity index (χ2n) is 14.3. The number of nitrogen functional groups attached to an aromatic ring is 1. The lowest BCUT2D eigenvalue weighted by molar-refractivity contribution is 0.0932. The number of thioether (sulfide) groups is 1. The van der Waals surface area contributed by atoms with Gasteiger partial charge in [-0.1, -0.05) is 11.8 Å². The van der Waals surface area contributed by atoms with Crippen molar-refractivity contribution in [2.24, 2.45) is 0 Å². The van der Waals surface area contributed by atoms with Gasteiger partial charge in [0.05, 0.1) is 29.3 Å². The van der Waals surface area contributed by atoms with E-state index >= 15 is 0 Å². The number of aromatic nitrogens is 9. The SMILES string of the molecule is CB(O)N1CCC(Oc2ccc(-n3c(=S)[nH]c4cccnc43)cn2)CC1.CSc1nc2cccnc2n1-c1ccc(OC2CCN(Cc3ccnc(N)c3)CC2)nc1. The predicted molar refractivity (Wildman–Crippen MR) is 229 cm³/mol. The minimum Gasteiger partial charge on any atom is -0.474 e. The van der Waals surface area contributed by atoms with E-state index < -0.39 is 7.05 Å². The van der Waals surface area contributed by atoms with E-state index in [0.29, 0.717) is 22.3 Å². The smallest absolute Gasteiger partial charge is 0.376 e. The summed E-state index contributed by atoms with van der Waals surface area (Å²) >= 11 is 7.00. The third-order valence-corrected chi connectivity index (χ3v) is 11.3. The average molecular weight is 817 g/mol. The van der Waals surface area contributed by atoms with Crippen LogP contribution in [0, 0.1) is 4.77 Å². The van der Waals surface area contributed by atoms with Crippen LogP contribution in [0.2, 0.25) is 6.82 Å². The van der Waals surface area contributed by atoms with Gasteiger partial charge in [-0.15, -0.1) is 0 Å². The molecular formula is C40H45BN12O3S2. The Bertz CT molecular complexity index is 2500. The van der Waals surface area contributed by atoms with Gasteiger partial charge < -0.3 is 30.0 Å². The summed E-state index contributed by atoms with van der Waals surface area (Å²) in [5.41, 5.74) is 12.1. The first-order valence-corrected chi connectivity index (χ1v) is 21.0. The van der Waals surface area contributed by atoms with Crippen molar-refractivity contribution in [3.63, 3.8) is 0 Å². The van der Waals surface area contributed by atoms with E-state index in [1.807, 2.05) is 87.1 Å². The zero-order valence-electron chi connectivity index (χ0n) is 32.4. The third kappa shape index (κ3) is 9.16. The number of hydrogen-bond acceptors (Lipinski definition) is 14. The average Bonchev–Trinajstić information content (AvgIpc) is 3.79. The maximum atomic E-state index is 9.63. The van der Waals surface area contributed by atoms with E-state index in [9.17, 15) is 5.02 Å². The lowest BCUT2D eigenvalue weighted by Gasteiger charge is -2.32. The maximum Gasteiger partial charge on any atom is 0.376 e. The Morgan fingerprint density at radius 2 is 1.45 bits per heavy atom. The number of ether oxygens (including phenoxy) is 2. The van der Waals surface area contributed by atoms with Gasteiger partial charge in [0, 0.05) is 50.4 Å². The summed E-state index contributed by atoms with van der Waals surface area (Å²) in [5, 5.41) is 10.5. The molecule has 2 fully saturated rings. The first-order valence-electron chi connectivity index (χ1n) is 19.4. The van der Waals surface area contributed by atoms with Gasteiger partial charge in [-0.3, -0.25) is 14.0 Å².